The number of carbonyl (C=O) groups is 1. The Kier molecular flexibility index (Phi) is 4.43. The third kappa shape index (κ3) is 3.48. The van der Waals surface area contributed by atoms with Crippen LogP contribution in [0.2, 0.25) is 0 Å². The summed E-state index contributed by atoms with van der Waals surface area (Å²) in [5.41, 5.74) is 0.889. The van der Waals surface area contributed by atoms with Gasteiger partial charge in [0.25, 0.3) is 0 Å². The maximum absolute atomic E-state index is 11.0. The second kappa shape index (κ2) is 6.65. The van der Waals surface area contributed by atoms with Gasteiger partial charge < -0.3 is 15.3 Å². The fraction of sp³-hybridized carbons (Fsp3) is 0.267. The van der Waals surface area contributed by atoms with Crippen molar-refractivity contribution in [2.24, 2.45) is 0 Å². The summed E-state index contributed by atoms with van der Waals surface area (Å²) >= 11 is 1.95. The summed E-state index contributed by atoms with van der Waals surface area (Å²) in [6.07, 6.45) is 1.72. The molecule has 1 saturated heterocycles. The number of nitrogens with zero attached hydrogens (tertiary/aromatic N) is 3. The summed E-state index contributed by atoms with van der Waals surface area (Å²) in [6, 6.07) is 8.50. The third-order valence-corrected chi connectivity index (χ3v) is 4.28. The van der Waals surface area contributed by atoms with Crippen molar-refractivity contribution in [3.8, 4) is 0 Å². The summed E-state index contributed by atoms with van der Waals surface area (Å²) in [4.78, 5) is 21.9. The maximum Gasteiger partial charge on any atom is 0.335 e. The summed E-state index contributed by atoms with van der Waals surface area (Å²) in [5.74, 6) is 2.62. The highest BCUT2D eigenvalue weighted by atomic mass is 32.2. The van der Waals surface area contributed by atoms with Gasteiger partial charge in [-0.15, -0.1) is 0 Å². The van der Waals surface area contributed by atoms with Gasteiger partial charge in [0.05, 0.1) is 5.56 Å². The Labute approximate surface area is 132 Å². The minimum Gasteiger partial charge on any atom is -0.478 e. The zero-order valence-electron chi connectivity index (χ0n) is 11.9. The number of benzene rings is 1. The molecule has 1 aromatic heterocycles. The smallest absolute Gasteiger partial charge is 0.335 e. The second-order valence-electron chi connectivity index (χ2n) is 4.85. The Hall–Kier alpha value is -2.28. The number of aromatic nitrogens is 2. The van der Waals surface area contributed by atoms with E-state index >= 15 is 0 Å². The van der Waals surface area contributed by atoms with E-state index in [-0.39, 0.29) is 5.56 Å². The minimum absolute atomic E-state index is 0.231. The molecule has 7 heteroatoms. The molecule has 1 aromatic carbocycles. The molecule has 0 amide bonds. The molecule has 0 spiro atoms. The van der Waals surface area contributed by atoms with Crippen LogP contribution in [0, 0.1) is 0 Å². The van der Waals surface area contributed by atoms with Crippen molar-refractivity contribution in [1.29, 1.82) is 0 Å². The van der Waals surface area contributed by atoms with E-state index in [0.717, 1.165) is 30.4 Å². The molecule has 1 aliphatic heterocycles. The standard InChI is InChI=1S/C15H16N4O2S/c20-14(21)11-2-1-3-12(10-11)17-15-16-5-4-13(18-15)19-6-8-22-9-7-19/h1-5,10H,6-9H2,(H,20,21)(H,16,17,18). The van der Waals surface area contributed by atoms with Crippen LogP contribution in [-0.4, -0.2) is 45.6 Å². The molecular weight excluding hydrogens is 300 g/mol. The van der Waals surface area contributed by atoms with E-state index in [1.54, 1.807) is 30.5 Å². The second-order valence-corrected chi connectivity index (χ2v) is 6.07. The Morgan fingerprint density at radius 2 is 2.09 bits per heavy atom. The molecule has 0 aliphatic carbocycles. The molecule has 0 atom stereocenters. The molecule has 0 radical (unpaired) electrons. The van der Waals surface area contributed by atoms with Gasteiger partial charge in [-0.05, 0) is 24.3 Å². The highest BCUT2D eigenvalue weighted by molar-refractivity contribution is 7.99. The normalized spacial score (nSPS) is 14.6. The van der Waals surface area contributed by atoms with Gasteiger partial charge in [-0.3, -0.25) is 0 Å². The SMILES string of the molecule is O=C(O)c1cccc(Nc2nccc(N3CCSCC3)n2)c1. The topological polar surface area (TPSA) is 78.3 Å². The molecule has 2 aromatic rings. The number of hydrogen-bond donors (Lipinski definition) is 2. The summed E-state index contributed by atoms with van der Waals surface area (Å²) in [5, 5.41) is 12.1. The van der Waals surface area contributed by atoms with Crippen LogP contribution < -0.4 is 10.2 Å². The Morgan fingerprint density at radius 1 is 1.27 bits per heavy atom. The van der Waals surface area contributed by atoms with Gasteiger partial charge in [0.1, 0.15) is 5.82 Å². The van der Waals surface area contributed by atoms with Gasteiger partial charge in [0, 0.05) is 36.5 Å². The highest BCUT2D eigenvalue weighted by Gasteiger charge is 2.13. The van der Waals surface area contributed by atoms with Crippen molar-refractivity contribution in [2.45, 2.75) is 0 Å². The number of anilines is 3. The van der Waals surface area contributed by atoms with Gasteiger partial charge in [0.15, 0.2) is 0 Å². The molecule has 2 N–H and O–H groups in total. The van der Waals surface area contributed by atoms with Crippen LogP contribution in [0.3, 0.4) is 0 Å². The highest BCUT2D eigenvalue weighted by Crippen LogP contribution is 2.20. The van der Waals surface area contributed by atoms with Crippen molar-refractivity contribution in [3.05, 3.63) is 42.1 Å². The van der Waals surface area contributed by atoms with E-state index in [1.165, 1.54) is 0 Å². The molecule has 0 unspecified atom stereocenters. The largest absolute Gasteiger partial charge is 0.478 e. The Balaban J connectivity index is 1.77. The van der Waals surface area contributed by atoms with Crippen molar-refractivity contribution in [3.63, 3.8) is 0 Å². The average molecular weight is 316 g/mol. The lowest BCUT2D eigenvalue weighted by atomic mass is 10.2. The van der Waals surface area contributed by atoms with Crippen molar-refractivity contribution >= 4 is 35.2 Å². The minimum atomic E-state index is -0.955. The monoisotopic (exact) mass is 316 g/mol. The van der Waals surface area contributed by atoms with Crippen molar-refractivity contribution < 1.29 is 9.90 Å². The number of rotatable bonds is 4. The van der Waals surface area contributed by atoms with Gasteiger partial charge in [-0.2, -0.15) is 16.7 Å². The zero-order chi connectivity index (χ0) is 15.4. The van der Waals surface area contributed by atoms with Gasteiger partial charge in [0.2, 0.25) is 5.95 Å². The number of hydrogen-bond acceptors (Lipinski definition) is 6. The summed E-state index contributed by atoms with van der Waals surface area (Å²) in [7, 11) is 0. The molecule has 2 heterocycles. The molecule has 1 aliphatic rings. The number of carboxylic acids is 1. The van der Waals surface area contributed by atoms with Crippen LogP contribution in [0.25, 0.3) is 0 Å². The zero-order valence-corrected chi connectivity index (χ0v) is 12.7. The van der Waals surface area contributed by atoms with E-state index in [2.05, 4.69) is 20.2 Å². The molecule has 0 bridgehead atoms. The molecule has 0 saturated carbocycles. The Morgan fingerprint density at radius 3 is 2.86 bits per heavy atom. The van der Waals surface area contributed by atoms with E-state index in [0.29, 0.717) is 11.6 Å². The van der Waals surface area contributed by atoms with E-state index < -0.39 is 5.97 Å². The predicted molar refractivity (Wildman–Crippen MR) is 88.3 cm³/mol. The van der Waals surface area contributed by atoms with Crippen LogP contribution >= 0.6 is 11.8 Å². The van der Waals surface area contributed by atoms with Crippen LogP contribution in [-0.2, 0) is 0 Å². The lowest BCUT2D eigenvalue weighted by Gasteiger charge is -2.27. The first kappa shape index (κ1) is 14.6. The number of aromatic carboxylic acids is 1. The van der Waals surface area contributed by atoms with E-state index in [1.807, 2.05) is 17.8 Å². The van der Waals surface area contributed by atoms with E-state index in [9.17, 15) is 4.79 Å². The summed E-state index contributed by atoms with van der Waals surface area (Å²) < 4.78 is 0. The maximum atomic E-state index is 11.0. The first-order chi connectivity index (χ1) is 10.7. The number of thioether (sulfide) groups is 1. The average Bonchev–Trinajstić information content (AvgIpc) is 2.56. The molecule has 3 rings (SSSR count). The van der Waals surface area contributed by atoms with Crippen molar-refractivity contribution in [2.75, 3.05) is 34.8 Å². The first-order valence-corrected chi connectivity index (χ1v) is 8.14. The number of carboxylic acid groups (broad SMARTS) is 1. The fourth-order valence-corrected chi connectivity index (χ4v) is 3.14. The van der Waals surface area contributed by atoms with Gasteiger partial charge in [-0.1, -0.05) is 6.07 Å². The molecule has 1 fully saturated rings. The van der Waals surface area contributed by atoms with Gasteiger partial charge >= 0.3 is 5.97 Å². The molecule has 6 nitrogen and oxygen atoms in total. The fourth-order valence-electron chi connectivity index (χ4n) is 2.24. The quantitative estimate of drug-likeness (QED) is 0.897. The van der Waals surface area contributed by atoms with Crippen LogP contribution in [0.5, 0.6) is 0 Å². The molecule has 114 valence electrons. The first-order valence-electron chi connectivity index (χ1n) is 6.98. The Bertz CT molecular complexity index is 674. The van der Waals surface area contributed by atoms with Crippen molar-refractivity contribution in [1.82, 2.24) is 9.97 Å². The number of nitrogens with one attached hydrogen (secondary N) is 1. The van der Waals surface area contributed by atoms with Crippen LogP contribution in [0.1, 0.15) is 10.4 Å². The van der Waals surface area contributed by atoms with Crippen LogP contribution in [0.15, 0.2) is 36.5 Å². The van der Waals surface area contributed by atoms with Gasteiger partial charge in [-0.25, -0.2) is 9.78 Å². The van der Waals surface area contributed by atoms with E-state index in [4.69, 9.17) is 5.11 Å². The summed E-state index contributed by atoms with van der Waals surface area (Å²) in [6.45, 7) is 1.96. The molecule has 22 heavy (non-hydrogen) atoms. The molecular formula is C15H16N4O2S. The lowest BCUT2D eigenvalue weighted by molar-refractivity contribution is 0.0697. The predicted octanol–water partition coefficient (Wildman–Crippen LogP) is 2.47. The lowest BCUT2D eigenvalue weighted by Crippen LogP contribution is -2.33. The van der Waals surface area contributed by atoms with Crippen LogP contribution in [0.4, 0.5) is 17.5 Å². The third-order valence-electron chi connectivity index (χ3n) is 3.34.